The van der Waals surface area contributed by atoms with Crippen LogP contribution < -0.4 is 0 Å². The maximum Gasteiger partial charge on any atom is 0.0361 e. The van der Waals surface area contributed by atoms with E-state index in [2.05, 4.69) is 206 Å². The van der Waals surface area contributed by atoms with Gasteiger partial charge >= 0.3 is 0 Å². The molecular formula is C58H34S. The molecule has 272 valence electrons. The van der Waals surface area contributed by atoms with Crippen molar-refractivity contribution in [3.63, 3.8) is 0 Å². The first-order valence-corrected chi connectivity index (χ1v) is 21.2. The molecule has 0 N–H and O–H groups in total. The molecule has 0 saturated heterocycles. The normalized spacial score (nSPS) is 12.1. The highest BCUT2D eigenvalue weighted by Crippen LogP contribution is 2.44. The van der Waals surface area contributed by atoms with E-state index in [1.807, 2.05) is 11.3 Å². The standard InChI is InChI=1S/C58H34S/c1-2-10-53-46(5-1)34-54(59-53)52-33-45(35-11-13-36(14-12-35)47-28-23-43-21-19-39-6-3-8-41-25-31-50(47)57(43)55(39)41)27-30-49(52)38-17-15-37(16-18-38)48-29-24-44-22-20-40-7-4-9-42-26-32-51(48)58(44)56(40)42/h1-34H. The van der Waals surface area contributed by atoms with Crippen molar-refractivity contribution in [2.75, 3.05) is 0 Å². The monoisotopic (exact) mass is 762 g/mol. The Bertz CT molecular complexity index is 3690. The van der Waals surface area contributed by atoms with Crippen LogP contribution >= 0.6 is 11.3 Å². The van der Waals surface area contributed by atoms with Crippen molar-refractivity contribution in [3.05, 3.63) is 206 Å². The third kappa shape index (κ3) is 5.02. The van der Waals surface area contributed by atoms with Crippen LogP contribution in [0, 0.1) is 0 Å². The third-order valence-corrected chi connectivity index (χ3v) is 14.0. The zero-order valence-corrected chi connectivity index (χ0v) is 32.9. The summed E-state index contributed by atoms with van der Waals surface area (Å²) < 4.78 is 1.31. The molecular weight excluding hydrogens is 729 g/mol. The van der Waals surface area contributed by atoms with E-state index in [-0.39, 0.29) is 0 Å². The van der Waals surface area contributed by atoms with E-state index >= 15 is 0 Å². The third-order valence-electron chi connectivity index (χ3n) is 12.8. The van der Waals surface area contributed by atoms with Gasteiger partial charge in [-0.25, -0.2) is 0 Å². The highest BCUT2D eigenvalue weighted by Gasteiger charge is 2.17. The molecule has 13 aromatic rings. The van der Waals surface area contributed by atoms with Gasteiger partial charge in [0.05, 0.1) is 0 Å². The lowest BCUT2D eigenvalue weighted by molar-refractivity contribution is 1.58. The minimum Gasteiger partial charge on any atom is -0.135 e. The fourth-order valence-corrected chi connectivity index (χ4v) is 11.0. The fraction of sp³-hybridized carbons (Fsp3) is 0. The average molecular weight is 763 g/mol. The Labute approximate surface area is 345 Å². The SMILES string of the molecule is c1ccc2sc(-c3cc(-c4ccc(-c5ccc6ccc7cccc8ccc5c6c78)cc4)ccc3-c3ccc(-c4ccc5ccc6cccc7ccc4c5c67)cc3)cc2c1. The van der Waals surface area contributed by atoms with Crippen LogP contribution in [0.5, 0.6) is 0 Å². The molecule has 0 fully saturated rings. The molecule has 0 atom stereocenters. The van der Waals surface area contributed by atoms with Crippen LogP contribution in [0.1, 0.15) is 0 Å². The minimum absolute atomic E-state index is 1.21. The summed E-state index contributed by atoms with van der Waals surface area (Å²) in [5.74, 6) is 0. The summed E-state index contributed by atoms with van der Waals surface area (Å²) in [4.78, 5) is 1.28. The Kier molecular flexibility index (Phi) is 6.98. The Morgan fingerprint density at radius 2 is 0.644 bits per heavy atom. The smallest absolute Gasteiger partial charge is 0.0361 e. The van der Waals surface area contributed by atoms with Crippen molar-refractivity contribution in [1.82, 2.24) is 0 Å². The first kappa shape index (κ1) is 32.7. The van der Waals surface area contributed by atoms with Crippen LogP contribution in [0.25, 0.3) is 130 Å². The number of hydrogen-bond acceptors (Lipinski definition) is 1. The van der Waals surface area contributed by atoms with Crippen molar-refractivity contribution in [1.29, 1.82) is 0 Å². The van der Waals surface area contributed by atoms with Crippen molar-refractivity contribution in [2.24, 2.45) is 0 Å². The van der Waals surface area contributed by atoms with E-state index in [9.17, 15) is 0 Å². The fourth-order valence-electron chi connectivity index (χ4n) is 9.94. The average Bonchev–Trinajstić information content (AvgIpc) is 3.75. The second kappa shape index (κ2) is 12.6. The first-order valence-electron chi connectivity index (χ1n) is 20.4. The summed E-state index contributed by atoms with van der Waals surface area (Å²) >= 11 is 1.87. The lowest BCUT2D eigenvalue weighted by atomic mass is 9.88. The second-order valence-electron chi connectivity index (χ2n) is 16.0. The van der Waals surface area contributed by atoms with Crippen molar-refractivity contribution >= 4 is 86.1 Å². The summed E-state index contributed by atoms with van der Waals surface area (Å²) in [5.41, 5.74) is 11.2. The second-order valence-corrected chi connectivity index (χ2v) is 17.1. The van der Waals surface area contributed by atoms with Gasteiger partial charge in [0, 0.05) is 15.1 Å². The quantitative estimate of drug-likeness (QED) is 0.153. The highest BCUT2D eigenvalue weighted by atomic mass is 32.1. The maximum absolute atomic E-state index is 2.40. The number of thiophene rings is 1. The predicted octanol–water partition coefficient (Wildman–Crippen LogP) is 17.0. The molecule has 0 aliphatic carbocycles. The summed E-state index contributed by atoms with van der Waals surface area (Å²) in [6, 6.07) is 77.1. The lowest BCUT2D eigenvalue weighted by Crippen LogP contribution is -1.89. The van der Waals surface area contributed by atoms with Gasteiger partial charge in [0.1, 0.15) is 0 Å². The van der Waals surface area contributed by atoms with Crippen LogP contribution in [-0.4, -0.2) is 0 Å². The van der Waals surface area contributed by atoms with Crippen molar-refractivity contribution < 1.29 is 0 Å². The number of hydrogen-bond donors (Lipinski definition) is 0. The minimum atomic E-state index is 1.21. The van der Waals surface area contributed by atoms with Crippen molar-refractivity contribution in [2.45, 2.75) is 0 Å². The van der Waals surface area contributed by atoms with Gasteiger partial charge in [0.25, 0.3) is 0 Å². The van der Waals surface area contributed by atoms with Gasteiger partial charge in [-0.3, -0.25) is 0 Å². The maximum atomic E-state index is 2.40. The molecule has 1 heteroatoms. The molecule has 1 heterocycles. The van der Waals surface area contributed by atoms with Crippen molar-refractivity contribution in [3.8, 4) is 54.9 Å². The van der Waals surface area contributed by atoms with Gasteiger partial charge in [0.15, 0.2) is 0 Å². The van der Waals surface area contributed by atoms with Gasteiger partial charge in [-0.2, -0.15) is 0 Å². The van der Waals surface area contributed by atoms with Gasteiger partial charge in [0.2, 0.25) is 0 Å². The van der Waals surface area contributed by atoms with E-state index in [1.54, 1.807) is 0 Å². The number of rotatable bonds is 5. The first-order chi connectivity index (χ1) is 29.2. The molecule has 0 unspecified atom stereocenters. The molecule has 0 radical (unpaired) electrons. The molecule has 13 rings (SSSR count). The highest BCUT2D eigenvalue weighted by molar-refractivity contribution is 7.22. The molecule has 59 heavy (non-hydrogen) atoms. The van der Waals surface area contributed by atoms with Gasteiger partial charge in [-0.15, -0.1) is 11.3 Å². The van der Waals surface area contributed by atoms with E-state index in [4.69, 9.17) is 0 Å². The zero-order valence-electron chi connectivity index (χ0n) is 32.0. The van der Waals surface area contributed by atoms with E-state index < -0.39 is 0 Å². The Balaban J connectivity index is 0.902. The Morgan fingerprint density at radius 1 is 0.237 bits per heavy atom. The van der Waals surface area contributed by atoms with Crippen LogP contribution in [-0.2, 0) is 0 Å². The van der Waals surface area contributed by atoms with E-state index in [0.717, 1.165) is 0 Å². The summed E-state index contributed by atoms with van der Waals surface area (Å²) in [7, 11) is 0. The molecule has 12 aromatic carbocycles. The van der Waals surface area contributed by atoms with Crippen LogP contribution in [0.2, 0.25) is 0 Å². The molecule has 0 aliphatic rings. The topological polar surface area (TPSA) is 0 Å². The molecule has 0 aliphatic heterocycles. The predicted molar refractivity (Wildman–Crippen MR) is 256 cm³/mol. The van der Waals surface area contributed by atoms with Gasteiger partial charge < -0.3 is 0 Å². The Hall–Kier alpha value is -7.32. The molecule has 0 bridgehead atoms. The Morgan fingerprint density at radius 3 is 1.19 bits per heavy atom. The van der Waals surface area contributed by atoms with Crippen LogP contribution in [0.15, 0.2) is 206 Å². The summed E-state index contributed by atoms with van der Waals surface area (Å²) in [6.45, 7) is 0. The van der Waals surface area contributed by atoms with Crippen LogP contribution in [0.4, 0.5) is 0 Å². The molecule has 1 aromatic heterocycles. The van der Waals surface area contributed by atoms with E-state index in [0.29, 0.717) is 0 Å². The lowest BCUT2D eigenvalue weighted by Gasteiger charge is -2.16. The van der Waals surface area contributed by atoms with Gasteiger partial charge in [-0.05, 0) is 133 Å². The number of fused-ring (bicyclic) bond motifs is 1. The largest absolute Gasteiger partial charge is 0.135 e. The van der Waals surface area contributed by atoms with E-state index in [1.165, 1.54) is 130 Å². The summed E-state index contributed by atoms with van der Waals surface area (Å²) in [6.07, 6.45) is 0. The van der Waals surface area contributed by atoms with Crippen LogP contribution in [0.3, 0.4) is 0 Å². The van der Waals surface area contributed by atoms with Gasteiger partial charge in [-0.1, -0.05) is 188 Å². The molecule has 0 saturated carbocycles. The number of benzene rings is 12. The molecule has 0 nitrogen and oxygen atoms in total. The molecule has 0 amide bonds. The summed E-state index contributed by atoms with van der Waals surface area (Å²) in [5, 5.41) is 17.1. The zero-order chi connectivity index (χ0) is 38.6. The molecule has 0 spiro atoms.